The molecule has 27 heavy (non-hydrogen) atoms. The Morgan fingerprint density at radius 3 is 2.63 bits per heavy atom. The monoisotopic (exact) mass is 362 g/mol. The standard InChI is InChI=1S/C20H19FN6/c1-14(11-15-7-3-2-4-8-15)24-19-18-20(23-13-22-19)27(26-25-18)12-16-9-5-6-10-17(16)21/h2-10,13-14H,11-12H2,1H3,(H,22,23,24). The predicted octanol–water partition coefficient (Wildman–Crippen LogP) is 3.45. The molecule has 6 nitrogen and oxygen atoms in total. The highest BCUT2D eigenvalue weighted by Crippen LogP contribution is 2.19. The molecular weight excluding hydrogens is 343 g/mol. The molecule has 0 spiro atoms. The molecule has 4 rings (SSSR count). The molecular formula is C20H19FN6. The zero-order valence-electron chi connectivity index (χ0n) is 14.9. The van der Waals surface area contributed by atoms with Crippen molar-refractivity contribution in [3.8, 4) is 0 Å². The van der Waals surface area contributed by atoms with E-state index in [4.69, 9.17) is 0 Å². The van der Waals surface area contributed by atoms with E-state index in [9.17, 15) is 4.39 Å². The Kier molecular flexibility index (Phi) is 4.74. The zero-order valence-corrected chi connectivity index (χ0v) is 14.9. The Morgan fingerprint density at radius 1 is 1.04 bits per heavy atom. The maximum atomic E-state index is 13.9. The van der Waals surface area contributed by atoms with Crippen LogP contribution in [0.5, 0.6) is 0 Å². The molecule has 2 heterocycles. The molecule has 4 aromatic rings. The van der Waals surface area contributed by atoms with Crippen LogP contribution in [-0.4, -0.2) is 31.0 Å². The second-order valence-corrected chi connectivity index (χ2v) is 6.47. The Morgan fingerprint density at radius 2 is 1.81 bits per heavy atom. The lowest BCUT2D eigenvalue weighted by Gasteiger charge is -2.14. The van der Waals surface area contributed by atoms with Gasteiger partial charge in [0.15, 0.2) is 17.0 Å². The largest absolute Gasteiger partial charge is 0.365 e. The Hall–Kier alpha value is -3.35. The summed E-state index contributed by atoms with van der Waals surface area (Å²) in [6.45, 7) is 2.35. The lowest BCUT2D eigenvalue weighted by Crippen LogP contribution is -2.19. The average Bonchev–Trinajstić information content (AvgIpc) is 3.08. The molecule has 0 aliphatic rings. The van der Waals surface area contributed by atoms with Crippen LogP contribution in [0.4, 0.5) is 10.2 Å². The molecule has 2 aromatic heterocycles. The quantitative estimate of drug-likeness (QED) is 0.569. The Balaban J connectivity index is 1.56. The van der Waals surface area contributed by atoms with Crippen LogP contribution in [0.3, 0.4) is 0 Å². The molecule has 0 bridgehead atoms. The highest BCUT2D eigenvalue weighted by Gasteiger charge is 2.15. The second kappa shape index (κ2) is 7.49. The minimum absolute atomic E-state index is 0.155. The van der Waals surface area contributed by atoms with E-state index in [1.165, 1.54) is 18.0 Å². The molecule has 2 aromatic carbocycles. The van der Waals surface area contributed by atoms with Gasteiger partial charge in [0, 0.05) is 11.6 Å². The SMILES string of the molecule is CC(Cc1ccccc1)Nc1ncnc2c1nnn2Cc1ccccc1F. The van der Waals surface area contributed by atoms with E-state index >= 15 is 0 Å². The van der Waals surface area contributed by atoms with Gasteiger partial charge in [0.1, 0.15) is 12.1 Å². The van der Waals surface area contributed by atoms with Crippen molar-refractivity contribution in [2.75, 3.05) is 5.32 Å². The molecule has 1 atom stereocenters. The summed E-state index contributed by atoms with van der Waals surface area (Å²) in [5.41, 5.74) is 2.93. The van der Waals surface area contributed by atoms with Gasteiger partial charge < -0.3 is 5.32 Å². The summed E-state index contributed by atoms with van der Waals surface area (Å²) in [4.78, 5) is 8.60. The molecule has 136 valence electrons. The summed E-state index contributed by atoms with van der Waals surface area (Å²) in [6.07, 6.45) is 2.33. The number of hydrogen-bond acceptors (Lipinski definition) is 5. The minimum atomic E-state index is -0.273. The molecule has 0 fully saturated rings. The highest BCUT2D eigenvalue weighted by molar-refractivity contribution is 5.82. The molecule has 0 radical (unpaired) electrons. The van der Waals surface area contributed by atoms with E-state index in [2.05, 4.69) is 44.7 Å². The van der Waals surface area contributed by atoms with Crippen molar-refractivity contribution in [3.05, 3.63) is 77.9 Å². The number of anilines is 1. The number of fused-ring (bicyclic) bond motifs is 1. The number of hydrogen-bond donors (Lipinski definition) is 1. The summed E-state index contributed by atoms with van der Waals surface area (Å²) < 4.78 is 15.5. The first-order valence-electron chi connectivity index (χ1n) is 8.79. The molecule has 0 aliphatic heterocycles. The third kappa shape index (κ3) is 3.76. The number of rotatable bonds is 6. The zero-order chi connectivity index (χ0) is 18.6. The Labute approximate surface area is 156 Å². The predicted molar refractivity (Wildman–Crippen MR) is 102 cm³/mol. The van der Waals surface area contributed by atoms with Gasteiger partial charge in [-0.15, -0.1) is 5.10 Å². The number of halogens is 1. The van der Waals surface area contributed by atoms with E-state index < -0.39 is 0 Å². The summed E-state index contributed by atoms with van der Waals surface area (Å²) in [5, 5.41) is 11.7. The van der Waals surface area contributed by atoms with Crippen LogP contribution in [0.15, 0.2) is 60.9 Å². The van der Waals surface area contributed by atoms with Gasteiger partial charge in [-0.25, -0.2) is 19.0 Å². The van der Waals surface area contributed by atoms with Gasteiger partial charge in [-0.2, -0.15) is 0 Å². The van der Waals surface area contributed by atoms with Gasteiger partial charge in [0.25, 0.3) is 0 Å². The minimum Gasteiger partial charge on any atom is -0.365 e. The highest BCUT2D eigenvalue weighted by atomic mass is 19.1. The van der Waals surface area contributed by atoms with Gasteiger partial charge in [-0.05, 0) is 25.0 Å². The normalized spacial score (nSPS) is 12.2. The fourth-order valence-corrected chi connectivity index (χ4v) is 3.04. The maximum Gasteiger partial charge on any atom is 0.184 e. The number of nitrogens with zero attached hydrogens (tertiary/aromatic N) is 5. The molecule has 0 saturated heterocycles. The van der Waals surface area contributed by atoms with Gasteiger partial charge in [0.2, 0.25) is 0 Å². The maximum absolute atomic E-state index is 13.9. The first-order chi connectivity index (χ1) is 13.2. The van der Waals surface area contributed by atoms with Crippen LogP contribution in [0.1, 0.15) is 18.1 Å². The molecule has 0 aliphatic carbocycles. The van der Waals surface area contributed by atoms with Crippen LogP contribution in [0.25, 0.3) is 11.2 Å². The number of nitrogens with one attached hydrogen (secondary N) is 1. The smallest absolute Gasteiger partial charge is 0.184 e. The van der Waals surface area contributed by atoms with Crippen molar-refractivity contribution in [1.82, 2.24) is 25.0 Å². The number of aromatic nitrogens is 5. The number of benzene rings is 2. The topological polar surface area (TPSA) is 68.5 Å². The molecule has 1 N–H and O–H groups in total. The van der Waals surface area contributed by atoms with Crippen LogP contribution < -0.4 is 5.32 Å². The third-order valence-electron chi connectivity index (χ3n) is 4.35. The Bertz CT molecular complexity index is 1050. The first kappa shape index (κ1) is 17.1. The van der Waals surface area contributed by atoms with E-state index in [1.807, 2.05) is 18.2 Å². The fourth-order valence-electron chi connectivity index (χ4n) is 3.04. The van der Waals surface area contributed by atoms with E-state index in [0.717, 1.165) is 6.42 Å². The van der Waals surface area contributed by atoms with Crippen LogP contribution in [0, 0.1) is 5.82 Å². The van der Waals surface area contributed by atoms with Crippen molar-refractivity contribution in [2.45, 2.75) is 25.9 Å². The lowest BCUT2D eigenvalue weighted by atomic mass is 10.1. The van der Waals surface area contributed by atoms with Crippen LogP contribution in [0.2, 0.25) is 0 Å². The van der Waals surface area contributed by atoms with Crippen molar-refractivity contribution >= 4 is 17.0 Å². The van der Waals surface area contributed by atoms with Gasteiger partial charge in [0.05, 0.1) is 6.54 Å². The summed E-state index contributed by atoms with van der Waals surface area (Å²) in [6, 6.07) is 17.0. The van der Waals surface area contributed by atoms with Crippen molar-refractivity contribution < 1.29 is 4.39 Å². The summed E-state index contributed by atoms with van der Waals surface area (Å²) in [7, 11) is 0. The van der Waals surface area contributed by atoms with Crippen LogP contribution in [-0.2, 0) is 13.0 Å². The lowest BCUT2D eigenvalue weighted by molar-refractivity contribution is 0.582. The van der Waals surface area contributed by atoms with Gasteiger partial charge in [-0.3, -0.25) is 0 Å². The third-order valence-corrected chi connectivity index (χ3v) is 4.35. The second-order valence-electron chi connectivity index (χ2n) is 6.47. The van der Waals surface area contributed by atoms with Crippen molar-refractivity contribution in [1.29, 1.82) is 0 Å². The van der Waals surface area contributed by atoms with E-state index in [0.29, 0.717) is 22.5 Å². The molecule has 1 unspecified atom stereocenters. The first-order valence-corrected chi connectivity index (χ1v) is 8.79. The van der Waals surface area contributed by atoms with E-state index in [1.54, 1.807) is 22.9 Å². The molecule has 0 saturated carbocycles. The van der Waals surface area contributed by atoms with Crippen molar-refractivity contribution in [3.63, 3.8) is 0 Å². The van der Waals surface area contributed by atoms with Gasteiger partial charge in [-0.1, -0.05) is 53.7 Å². The fraction of sp³-hybridized carbons (Fsp3) is 0.200. The van der Waals surface area contributed by atoms with Gasteiger partial charge >= 0.3 is 0 Å². The summed E-state index contributed by atoms with van der Waals surface area (Å²) >= 11 is 0. The molecule has 7 heteroatoms. The molecule has 0 amide bonds. The average molecular weight is 362 g/mol. The summed E-state index contributed by atoms with van der Waals surface area (Å²) in [5.74, 6) is 0.355. The van der Waals surface area contributed by atoms with Crippen LogP contribution >= 0.6 is 0 Å². The van der Waals surface area contributed by atoms with Crippen molar-refractivity contribution in [2.24, 2.45) is 0 Å². The van der Waals surface area contributed by atoms with E-state index in [-0.39, 0.29) is 18.4 Å².